The Hall–Kier alpha value is -3.21. The third-order valence-corrected chi connectivity index (χ3v) is 6.45. The number of hydrogen-bond donors (Lipinski definition) is 1. The van der Waals surface area contributed by atoms with Crippen LogP contribution in [0.1, 0.15) is 5.56 Å². The zero-order chi connectivity index (χ0) is 25.9. The van der Waals surface area contributed by atoms with Crippen molar-refractivity contribution in [1.29, 1.82) is 0 Å². The molecule has 0 radical (unpaired) electrons. The summed E-state index contributed by atoms with van der Waals surface area (Å²) in [7, 11) is 1.51. The van der Waals surface area contributed by atoms with E-state index in [1.807, 2.05) is 0 Å². The van der Waals surface area contributed by atoms with Crippen molar-refractivity contribution in [3.8, 4) is 22.8 Å². The fraction of sp³-hybridized carbons (Fsp3) is 0.125. The van der Waals surface area contributed by atoms with Crippen LogP contribution in [0.25, 0.3) is 17.1 Å². The molecule has 0 saturated heterocycles. The highest BCUT2D eigenvalue weighted by atomic mass is 35.5. The highest BCUT2D eigenvalue weighted by Gasteiger charge is 2.33. The molecule has 4 rings (SSSR count). The van der Waals surface area contributed by atoms with E-state index < -0.39 is 17.6 Å². The number of rotatable bonds is 7. The van der Waals surface area contributed by atoms with Gasteiger partial charge in [-0.1, -0.05) is 59.2 Å². The van der Waals surface area contributed by atoms with E-state index in [4.69, 9.17) is 27.9 Å². The lowest BCUT2D eigenvalue weighted by atomic mass is 10.1. The van der Waals surface area contributed by atoms with E-state index in [-0.39, 0.29) is 11.4 Å². The summed E-state index contributed by atoms with van der Waals surface area (Å²) in [6.07, 6.45) is -4.60. The fourth-order valence-corrected chi connectivity index (χ4v) is 4.63. The van der Waals surface area contributed by atoms with Gasteiger partial charge in [-0.05, 0) is 42.5 Å². The van der Waals surface area contributed by atoms with E-state index in [9.17, 15) is 18.0 Å². The number of alkyl halides is 3. The van der Waals surface area contributed by atoms with Crippen molar-refractivity contribution in [3.05, 3.63) is 82.3 Å². The maximum absolute atomic E-state index is 13.3. The van der Waals surface area contributed by atoms with Gasteiger partial charge in [-0.2, -0.15) is 13.2 Å². The van der Waals surface area contributed by atoms with Gasteiger partial charge in [-0.15, -0.1) is 10.2 Å². The number of aromatic nitrogens is 3. The van der Waals surface area contributed by atoms with Gasteiger partial charge in [0.05, 0.1) is 34.8 Å². The fourth-order valence-electron chi connectivity index (χ4n) is 3.40. The monoisotopic (exact) mass is 552 g/mol. The maximum Gasteiger partial charge on any atom is 0.418 e. The predicted molar refractivity (Wildman–Crippen MR) is 134 cm³/mol. The van der Waals surface area contributed by atoms with Crippen molar-refractivity contribution in [2.45, 2.75) is 11.3 Å². The molecule has 0 saturated carbocycles. The standard InChI is InChI=1S/C24H17Cl2F3N4O2S/c1-35-20-9-5-4-8-19(20)33-22(15-11-10-14(25)12-17(15)26)31-32-23(33)36-13-21(34)30-18-7-3-2-6-16(18)24(27,28)29/h2-12H,13H2,1H3,(H,30,34). The lowest BCUT2D eigenvalue weighted by Gasteiger charge is -2.15. The summed E-state index contributed by atoms with van der Waals surface area (Å²) in [5.74, 6) is 0.00580. The molecule has 0 aliphatic heterocycles. The van der Waals surface area contributed by atoms with Crippen molar-refractivity contribution in [2.24, 2.45) is 0 Å². The minimum Gasteiger partial charge on any atom is -0.495 e. The number of hydrogen-bond acceptors (Lipinski definition) is 5. The van der Waals surface area contributed by atoms with Crippen molar-refractivity contribution in [3.63, 3.8) is 0 Å². The molecule has 4 aromatic rings. The molecule has 1 amide bonds. The number of methoxy groups -OCH3 is 1. The van der Waals surface area contributed by atoms with Crippen LogP contribution in [-0.2, 0) is 11.0 Å². The number of anilines is 1. The summed E-state index contributed by atoms with van der Waals surface area (Å²) in [5.41, 5.74) is -0.137. The molecule has 0 fully saturated rings. The third kappa shape index (κ3) is 5.61. The first-order chi connectivity index (χ1) is 17.2. The van der Waals surface area contributed by atoms with Crippen LogP contribution < -0.4 is 10.1 Å². The third-order valence-electron chi connectivity index (χ3n) is 4.97. The Bertz CT molecular complexity index is 1410. The topological polar surface area (TPSA) is 69.0 Å². The Balaban J connectivity index is 1.67. The first-order valence-electron chi connectivity index (χ1n) is 10.3. The maximum atomic E-state index is 13.3. The van der Waals surface area contributed by atoms with E-state index in [1.165, 1.54) is 25.3 Å². The van der Waals surface area contributed by atoms with Crippen molar-refractivity contribution in [2.75, 3.05) is 18.2 Å². The quantitative estimate of drug-likeness (QED) is 0.250. The van der Waals surface area contributed by atoms with Gasteiger partial charge < -0.3 is 10.1 Å². The van der Waals surface area contributed by atoms with Gasteiger partial charge in [0.25, 0.3) is 0 Å². The zero-order valence-electron chi connectivity index (χ0n) is 18.5. The van der Waals surface area contributed by atoms with Crippen LogP contribution in [0.2, 0.25) is 10.0 Å². The van der Waals surface area contributed by atoms with Crippen LogP contribution in [-0.4, -0.2) is 33.5 Å². The molecular formula is C24H17Cl2F3N4O2S. The summed E-state index contributed by atoms with van der Waals surface area (Å²) in [6.45, 7) is 0. The number of carbonyl (C=O) groups is 1. The Morgan fingerprint density at radius 2 is 1.78 bits per heavy atom. The van der Waals surface area contributed by atoms with Gasteiger partial charge in [-0.3, -0.25) is 9.36 Å². The second-order valence-electron chi connectivity index (χ2n) is 7.32. The minimum absolute atomic E-state index is 0.228. The molecule has 12 heteroatoms. The number of benzene rings is 3. The van der Waals surface area contributed by atoms with Gasteiger partial charge in [0.1, 0.15) is 5.75 Å². The van der Waals surface area contributed by atoms with Crippen molar-refractivity contribution >= 4 is 46.6 Å². The molecule has 1 heterocycles. The number of carbonyl (C=O) groups excluding carboxylic acids is 1. The first-order valence-corrected chi connectivity index (χ1v) is 12.1. The molecule has 0 unspecified atom stereocenters. The van der Waals surface area contributed by atoms with Crippen LogP contribution in [0.4, 0.5) is 18.9 Å². The summed E-state index contributed by atoms with van der Waals surface area (Å²) in [6, 6.07) is 16.8. The minimum atomic E-state index is -4.60. The number of amides is 1. The zero-order valence-corrected chi connectivity index (χ0v) is 20.8. The number of para-hydroxylation sites is 3. The van der Waals surface area contributed by atoms with Crippen LogP contribution >= 0.6 is 35.0 Å². The Kier molecular flexibility index (Phi) is 7.77. The average molecular weight is 553 g/mol. The molecule has 0 atom stereocenters. The second-order valence-corrected chi connectivity index (χ2v) is 9.10. The molecular weight excluding hydrogens is 536 g/mol. The number of nitrogens with one attached hydrogen (secondary N) is 1. The molecule has 3 aromatic carbocycles. The predicted octanol–water partition coefficient (Wildman–Crippen LogP) is 7.00. The first kappa shape index (κ1) is 25.9. The number of thioether (sulfide) groups is 1. The highest BCUT2D eigenvalue weighted by Crippen LogP contribution is 2.37. The number of ether oxygens (including phenoxy) is 1. The van der Waals surface area contributed by atoms with Gasteiger partial charge in [0, 0.05) is 10.6 Å². The van der Waals surface area contributed by atoms with Crippen LogP contribution in [0.5, 0.6) is 5.75 Å². The Morgan fingerprint density at radius 3 is 2.50 bits per heavy atom. The van der Waals surface area contributed by atoms with Crippen molar-refractivity contribution in [1.82, 2.24) is 14.8 Å². The summed E-state index contributed by atoms with van der Waals surface area (Å²) in [4.78, 5) is 12.6. The molecule has 1 N–H and O–H groups in total. The van der Waals surface area contributed by atoms with Crippen LogP contribution in [0.3, 0.4) is 0 Å². The van der Waals surface area contributed by atoms with Crippen LogP contribution in [0, 0.1) is 0 Å². The number of halogens is 5. The molecule has 186 valence electrons. The molecule has 0 aliphatic rings. The van der Waals surface area contributed by atoms with E-state index >= 15 is 0 Å². The lowest BCUT2D eigenvalue weighted by molar-refractivity contribution is -0.137. The summed E-state index contributed by atoms with van der Waals surface area (Å²) < 4.78 is 47.0. The highest BCUT2D eigenvalue weighted by molar-refractivity contribution is 7.99. The normalized spacial score (nSPS) is 11.4. The molecule has 0 aliphatic carbocycles. The smallest absolute Gasteiger partial charge is 0.418 e. The molecule has 0 bridgehead atoms. The average Bonchev–Trinajstić information content (AvgIpc) is 3.25. The summed E-state index contributed by atoms with van der Waals surface area (Å²) >= 11 is 13.5. The number of nitrogens with zero attached hydrogens (tertiary/aromatic N) is 3. The van der Waals surface area contributed by atoms with Crippen molar-refractivity contribution < 1.29 is 22.7 Å². The van der Waals surface area contributed by atoms with Gasteiger partial charge in [0.2, 0.25) is 5.91 Å². The lowest BCUT2D eigenvalue weighted by Crippen LogP contribution is -2.18. The second kappa shape index (κ2) is 10.8. The van der Waals surface area contributed by atoms with Gasteiger partial charge >= 0.3 is 6.18 Å². The molecule has 36 heavy (non-hydrogen) atoms. The Labute approximate surface area is 218 Å². The molecule has 1 aromatic heterocycles. The van der Waals surface area contributed by atoms with E-state index in [1.54, 1.807) is 47.0 Å². The SMILES string of the molecule is COc1ccccc1-n1c(SCC(=O)Nc2ccccc2C(F)(F)F)nnc1-c1ccc(Cl)cc1Cl. The van der Waals surface area contributed by atoms with Gasteiger partial charge in [0.15, 0.2) is 11.0 Å². The van der Waals surface area contributed by atoms with Gasteiger partial charge in [-0.25, -0.2) is 0 Å². The van der Waals surface area contributed by atoms with E-state index in [2.05, 4.69) is 15.5 Å². The van der Waals surface area contributed by atoms with Crippen LogP contribution in [0.15, 0.2) is 71.9 Å². The molecule has 6 nitrogen and oxygen atoms in total. The van der Waals surface area contributed by atoms with E-state index in [0.29, 0.717) is 38.0 Å². The largest absolute Gasteiger partial charge is 0.495 e. The molecule has 0 spiro atoms. The van der Waals surface area contributed by atoms with E-state index in [0.717, 1.165) is 17.8 Å². The Morgan fingerprint density at radius 1 is 1.06 bits per heavy atom. The summed E-state index contributed by atoms with van der Waals surface area (Å²) in [5, 5.41) is 11.9.